The number of rotatable bonds is 6. The third-order valence-corrected chi connectivity index (χ3v) is 2.52. The van der Waals surface area contributed by atoms with E-state index in [1.54, 1.807) is 0 Å². The first-order chi connectivity index (χ1) is 8.05. The van der Waals surface area contributed by atoms with E-state index in [1.165, 1.54) is 12.1 Å². The van der Waals surface area contributed by atoms with Crippen LogP contribution in [-0.2, 0) is 6.54 Å². The van der Waals surface area contributed by atoms with Crippen molar-refractivity contribution < 1.29 is 24.8 Å². The molecule has 0 radical (unpaired) electrons. The van der Waals surface area contributed by atoms with Gasteiger partial charge in [0.15, 0.2) is 0 Å². The summed E-state index contributed by atoms with van der Waals surface area (Å²) in [5.74, 6) is -0.784. The molecule has 0 heterocycles. The third kappa shape index (κ3) is 3.64. The SMILES string of the molecule is OCC(CO)(CO)NCc1cc(O)cc(F)c1. The Balaban J connectivity index is 2.71. The summed E-state index contributed by atoms with van der Waals surface area (Å²) in [5, 5.41) is 39.1. The van der Waals surface area contributed by atoms with Gasteiger partial charge in [0.1, 0.15) is 11.6 Å². The van der Waals surface area contributed by atoms with Crippen LogP contribution in [0.3, 0.4) is 0 Å². The van der Waals surface area contributed by atoms with Gasteiger partial charge in [0.2, 0.25) is 0 Å². The molecule has 96 valence electrons. The van der Waals surface area contributed by atoms with Crippen LogP contribution in [0.5, 0.6) is 5.75 Å². The van der Waals surface area contributed by atoms with Crippen molar-refractivity contribution in [3.63, 3.8) is 0 Å². The maximum atomic E-state index is 13.0. The summed E-state index contributed by atoms with van der Waals surface area (Å²) in [6.45, 7) is -1.27. The van der Waals surface area contributed by atoms with Crippen LogP contribution in [0.15, 0.2) is 18.2 Å². The van der Waals surface area contributed by atoms with Gasteiger partial charge in [0.25, 0.3) is 0 Å². The number of halogens is 1. The molecule has 0 saturated heterocycles. The number of phenolic OH excluding ortho intramolecular Hbond substituents is 1. The lowest BCUT2D eigenvalue weighted by Gasteiger charge is -2.28. The minimum absolute atomic E-state index is 0.104. The molecule has 5 N–H and O–H groups in total. The number of hydrogen-bond donors (Lipinski definition) is 5. The fourth-order valence-corrected chi connectivity index (χ4v) is 1.34. The molecule has 0 aliphatic carbocycles. The van der Waals surface area contributed by atoms with Gasteiger partial charge in [0.05, 0.1) is 25.4 Å². The number of aromatic hydroxyl groups is 1. The third-order valence-electron chi connectivity index (χ3n) is 2.52. The van der Waals surface area contributed by atoms with Crippen LogP contribution < -0.4 is 5.32 Å². The molecule has 0 bridgehead atoms. The Morgan fingerprint density at radius 1 is 1.06 bits per heavy atom. The highest BCUT2D eigenvalue weighted by Gasteiger charge is 2.27. The molecule has 1 rings (SSSR count). The molecule has 0 aliphatic rings. The summed E-state index contributed by atoms with van der Waals surface area (Å²) < 4.78 is 13.0. The van der Waals surface area contributed by atoms with Crippen molar-refractivity contribution in [2.45, 2.75) is 12.1 Å². The van der Waals surface area contributed by atoms with E-state index in [4.69, 9.17) is 15.3 Å². The standard InChI is InChI=1S/C11H16FNO4/c12-9-1-8(2-10(17)3-9)4-13-11(5-14,6-15)7-16/h1-3,13-17H,4-7H2. The first kappa shape index (κ1) is 13.9. The molecule has 0 aliphatic heterocycles. The quantitative estimate of drug-likeness (QED) is 0.458. The van der Waals surface area contributed by atoms with E-state index >= 15 is 0 Å². The molecule has 1 aromatic carbocycles. The molecule has 5 nitrogen and oxygen atoms in total. The van der Waals surface area contributed by atoms with Gasteiger partial charge in [-0.05, 0) is 17.7 Å². The van der Waals surface area contributed by atoms with E-state index in [0.29, 0.717) is 5.56 Å². The molecule has 0 aromatic heterocycles. The Kier molecular flexibility index (Phi) is 4.83. The Morgan fingerprint density at radius 3 is 2.12 bits per heavy atom. The highest BCUT2D eigenvalue weighted by molar-refractivity contribution is 5.28. The maximum absolute atomic E-state index is 13.0. The molecule has 0 unspecified atom stereocenters. The average Bonchev–Trinajstić information content (AvgIpc) is 2.30. The number of benzene rings is 1. The molecular weight excluding hydrogens is 229 g/mol. The fraction of sp³-hybridized carbons (Fsp3) is 0.455. The minimum Gasteiger partial charge on any atom is -0.508 e. The average molecular weight is 245 g/mol. The van der Waals surface area contributed by atoms with Crippen LogP contribution in [0.25, 0.3) is 0 Å². The molecule has 1 aromatic rings. The molecule has 6 heteroatoms. The van der Waals surface area contributed by atoms with Crippen molar-refractivity contribution in [1.29, 1.82) is 0 Å². The van der Waals surface area contributed by atoms with Crippen LogP contribution in [0, 0.1) is 5.82 Å². The van der Waals surface area contributed by atoms with Crippen LogP contribution in [-0.4, -0.2) is 45.8 Å². The second-order valence-electron chi connectivity index (χ2n) is 3.93. The first-order valence-corrected chi connectivity index (χ1v) is 5.11. The fourth-order valence-electron chi connectivity index (χ4n) is 1.34. The van der Waals surface area contributed by atoms with E-state index in [0.717, 1.165) is 6.07 Å². The van der Waals surface area contributed by atoms with Crippen molar-refractivity contribution in [1.82, 2.24) is 5.32 Å². The number of nitrogens with one attached hydrogen (secondary N) is 1. The smallest absolute Gasteiger partial charge is 0.127 e. The highest BCUT2D eigenvalue weighted by Crippen LogP contribution is 2.15. The van der Waals surface area contributed by atoms with Gasteiger partial charge in [-0.3, -0.25) is 0 Å². The Hall–Kier alpha value is -1.21. The molecule has 0 spiro atoms. The van der Waals surface area contributed by atoms with Crippen LogP contribution in [0.4, 0.5) is 4.39 Å². The van der Waals surface area contributed by atoms with Crippen LogP contribution in [0.1, 0.15) is 5.56 Å². The van der Waals surface area contributed by atoms with E-state index in [1.807, 2.05) is 0 Å². The molecule has 0 fully saturated rings. The molecule has 0 amide bonds. The normalized spacial score (nSPS) is 11.8. The molecule has 0 saturated carbocycles. The van der Waals surface area contributed by atoms with Crippen molar-refractivity contribution in [2.75, 3.05) is 19.8 Å². The van der Waals surface area contributed by atoms with Gasteiger partial charge >= 0.3 is 0 Å². The number of aliphatic hydroxyl groups is 3. The number of hydrogen-bond acceptors (Lipinski definition) is 5. The predicted molar refractivity (Wildman–Crippen MR) is 58.9 cm³/mol. The topological polar surface area (TPSA) is 93.0 Å². The van der Waals surface area contributed by atoms with Gasteiger partial charge in [-0.15, -0.1) is 0 Å². The second-order valence-corrected chi connectivity index (χ2v) is 3.93. The molecule has 17 heavy (non-hydrogen) atoms. The zero-order valence-corrected chi connectivity index (χ0v) is 9.23. The van der Waals surface area contributed by atoms with Crippen LogP contribution >= 0.6 is 0 Å². The lowest BCUT2D eigenvalue weighted by atomic mass is 10.0. The highest BCUT2D eigenvalue weighted by atomic mass is 19.1. The van der Waals surface area contributed by atoms with E-state index in [2.05, 4.69) is 5.32 Å². The van der Waals surface area contributed by atoms with E-state index in [9.17, 15) is 9.50 Å². The molecular formula is C11H16FNO4. The number of phenols is 1. The zero-order chi connectivity index (χ0) is 12.9. The Bertz CT molecular complexity index is 340. The number of aliphatic hydroxyl groups excluding tert-OH is 3. The van der Waals surface area contributed by atoms with Crippen molar-refractivity contribution in [2.24, 2.45) is 0 Å². The monoisotopic (exact) mass is 245 g/mol. The summed E-state index contributed by atoms with van der Waals surface area (Å²) in [6.07, 6.45) is 0. The largest absolute Gasteiger partial charge is 0.508 e. The van der Waals surface area contributed by atoms with Gasteiger partial charge in [0, 0.05) is 12.6 Å². The predicted octanol–water partition coefficient (Wildman–Crippen LogP) is -0.663. The molecule has 0 atom stereocenters. The summed E-state index contributed by atoms with van der Waals surface area (Å²) in [7, 11) is 0. The van der Waals surface area contributed by atoms with Gasteiger partial charge in [-0.1, -0.05) is 0 Å². The van der Waals surface area contributed by atoms with E-state index < -0.39 is 31.2 Å². The van der Waals surface area contributed by atoms with Crippen molar-refractivity contribution >= 4 is 0 Å². The summed E-state index contributed by atoms with van der Waals surface area (Å²) in [5.41, 5.74) is -0.774. The van der Waals surface area contributed by atoms with Gasteiger partial charge < -0.3 is 25.7 Å². The van der Waals surface area contributed by atoms with Crippen molar-refractivity contribution in [3.05, 3.63) is 29.6 Å². The van der Waals surface area contributed by atoms with Crippen LogP contribution in [0.2, 0.25) is 0 Å². The lowest BCUT2D eigenvalue weighted by molar-refractivity contribution is 0.0413. The first-order valence-electron chi connectivity index (χ1n) is 5.11. The summed E-state index contributed by atoms with van der Waals surface area (Å²) in [6, 6.07) is 3.54. The van der Waals surface area contributed by atoms with Gasteiger partial charge in [-0.2, -0.15) is 0 Å². The van der Waals surface area contributed by atoms with E-state index in [-0.39, 0.29) is 12.3 Å². The minimum atomic E-state index is -1.22. The van der Waals surface area contributed by atoms with Crippen molar-refractivity contribution in [3.8, 4) is 5.75 Å². The zero-order valence-electron chi connectivity index (χ0n) is 9.23. The Labute approximate surface area is 98.1 Å². The second kappa shape index (κ2) is 5.92. The van der Waals surface area contributed by atoms with Gasteiger partial charge in [-0.25, -0.2) is 4.39 Å². The summed E-state index contributed by atoms with van der Waals surface area (Å²) >= 11 is 0. The maximum Gasteiger partial charge on any atom is 0.127 e. The lowest BCUT2D eigenvalue weighted by Crippen LogP contribution is -2.54. The Morgan fingerprint density at radius 2 is 1.65 bits per heavy atom. The summed E-state index contributed by atoms with van der Waals surface area (Å²) in [4.78, 5) is 0.